The molecule has 0 aliphatic carbocycles. The highest BCUT2D eigenvalue weighted by Gasteiger charge is 2.36. The zero-order valence-corrected chi connectivity index (χ0v) is 14.4. The smallest absolute Gasteiger partial charge is 0.407 e. The van der Waals surface area contributed by atoms with Crippen LogP contribution in [0.3, 0.4) is 0 Å². The van der Waals surface area contributed by atoms with E-state index in [-0.39, 0.29) is 24.7 Å². The second kappa shape index (κ2) is 8.68. The monoisotopic (exact) mass is 335 g/mol. The number of amides is 1. The molecule has 2 rings (SSSR count). The van der Waals surface area contributed by atoms with Crippen LogP contribution in [0.15, 0.2) is 30.3 Å². The van der Waals surface area contributed by atoms with Gasteiger partial charge >= 0.3 is 12.1 Å². The fraction of sp³-hybridized carbons (Fsp3) is 0.556. The summed E-state index contributed by atoms with van der Waals surface area (Å²) in [6, 6.07) is 8.70. The van der Waals surface area contributed by atoms with Crippen LogP contribution in [-0.4, -0.2) is 37.4 Å². The molecule has 0 bridgehead atoms. The molecule has 0 saturated carbocycles. The Hall–Kier alpha value is -2.08. The molecule has 0 aromatic heterocycles. The van der Waals surface area contributed by atoms with Gasteiger partial charge in [0.1, 0.15) is 12.6 Å². The summed E-state index contributed by atoms with van der Waals surface area (Å²) in [6.07, 6.45) is 0.785. The third-order valence-corrected chi connectivity index (χ3v) is 4.14. The van der Waals surface area contributed by atoms with Crippen LogP contribution in [-0.2, 0) is 25.6 Å². The SMILES string of the molecule is COC(=O)N[C@H](C(=O)OCc1ccccc1)C1C[C@@H](C)O[C@H](C)C1. The molecule has 1 N–H and O–H groups in total. The normalized spacial score (nSPS) is 24.7. The van der Waals surface area contributed by atoms with Crippen LogP contribution in [0.25, 0.3) is 0 Å². The highest BCUT2D eigenvalue weighted by atomic mass is 16.5. The maximum Gasteiger partial charge on any atom is 0.407 e. The first kappa shape index (κ1) is 18.3. The number of carbonyl (C=O) groups is 2. The Morgan fingerprint density at radius 1 is 1.21 bits per heavy atom. The quantitative estimate of drug-likeness (QED) is 0.838. The molecule has 0 radical (unpaired) electrons. The van der Waals surface area contributed by atoms with E-state index >= 15 is 0 Å². The molecule has 6 nitrogen and oxygen atoms in total. The first-order valence-corrected chi connectivity index (χ1v) is 8.20. The molecular formula is C18H25NO5. The number of methoxy groups -OCH3 is 1. The minimum atomic E-state index is -0.741. The van der Waals surface area contributed by atoms with E-state index in [0.29, 0.717) is 12.8 Å². The lowest BCUT2D eigenvalue weighted by Gasteiger charge is -2.35. The van der Waals surface area contributed by atoms with E-state index in [1.54, 1.807) is 0 Å². The minimum absolute atomic E-state index is 0.0302. The predicted molar refractivity (Wildman–Crippen MR) is 88.3 cm³/mol. The summed E-state index contributed by atoms with van der Waals surface area (Å²) in [6.45, 7) is 4.10. The second-order valence-electron chi connectivity index (χ2n) is 6.20. The number of hydrogen-bond donors (Lipinski definition) is 1. The van der Waals surface area contributed by atoms with Crippen molar-refractivity contribution in [2.45, 2.75) is 51.5 Å². The zero-order chi connectivity index (χ0) is 17.5. The Bertz CT molecular complexity index is 538. The third-order valence-electron chi connectivity index (χ3n) is 4.14. The number of carbonyl (C=O) groups excluding carboxylic acids is 2. The molecule has 1 aromatic rings. The number of hydrogen-bond acceptors (Lipinski definition) is 5. The Morgan fingerprint density at radius 2 is 1.83 bits per heavy atom. The Kier molecular flexibility index (Phi) is 6.61. The number of alkyl carbamates (subject to hydrolysis) is 1. The van der Waals surface area contributed by atoms with E-state index in [9.17, 15) is 9.59 Å². The fourth-order valence-corrected chi connectivity index (χ4v) is 3.10. The van der Waals surface area contributed by atoms with Gasteiger partial charge in [-0.3, -0.25) is 0 Å². The summed E-state index contributed by atoms with van der Waals surface area (Å²) in [5.74, 6) is -0.498. The average molecular weight is 335 g/mol. The van der Waals surface area contributed by atoms with Crippen LogP contribution in [0, 0.1) is 5.92 Å². The second-order valence-corrected chi connectivity index (χ2v) is 6.20. The van der Waals surface area contributed by atoms with Gasteiger partial charge in [0.05, 0.1) is 19.3 Å². The van der Waals surface area contributed by atoms with Gasteiger partial charge < -0.3 is 19.5 Å². The van der Waals surface area contributed by atoms with E-state index in [0.717, 1.165) is 5.56 Å². The number of benzene rings is 1. The molecular weight excluding hydrogens is 310 g/mol. The molecule has 132 valence electrons. The largest absolute Gasteiger partial charge is 0.459 e. The molecule has 24 heavy (non-hydrogen) atoms. The van der Waals surface area contributed by atoms with Gasteiger partial charge in [-0.1, -0.05) is 30.3 Å². The third kappa shape index (κ3) is 5.23. The highest BCUT2D eigenvalue weighted by Crippen LogP contribution is 2.28. The van der Waals surface area contributed by atoms with Crippen LogP contribution in [0.5, 0.6) is 0 Å². The number of ether oxygens (including phenoxy) is 3. The van der Waals surface area contributed by atoms with Crippen molar-refractivity contribution in [3.05, 3.63) is 35.9 Å². The topological polar surface area (TPSA) is 73.9 Å². The van der Waals surface area contributed by atoms with Crippen LogP contribution < -0.4 is 5.32 Å². The zero-order valence-electron chi connectivity index (χ0n) is 14.4. The lowest BCUT2D eigenvalue weighted by atomic mass is 9.86. The van der Waals surface area contributed by atoms with Crippen molar-refractivity contribution >= 4 is 12.1 Å². The van der Waals surface area contributed by atoms with Gasteiger partial charge in [0, 0.05) is 0 Å². The van der Waals surface area contributed by atoms with Crippen molar-refractivity contribution in [1.29, 1.82) is 0 Å². The first-order chi connectivity index (χ1) is 11.5. The van der Waals surface area contributed by atoms with Gasteiger partial charge in [0.25, 0.3) is 0 Å². The molecule has 3 atom stereocenters. The summed E-state index contributed by atoms with van der Waals surface area (Å²) in [7, 11) is 1.27. The maximum absolute atomic E-state index is 12.5. The molecule has 1 saturated heterocycles. The standard InChI is InChI=1S/C18H25NO5/c1-12-9-15(10-13(2)24-12)16(19-18(21)22-3)17(20)23-11-14-7-5-4-6-8-14/h4-8,12-13,15-16H,9-11H2,1-3H3,(H,19,21)/t12-,13-,16+/m1/s1. The Morgan fingerprint density at radius 3 is 2.42 bits per heavy atom. The van der Waals surface area contributed by atoms with Gasteiger partial charge in [0.2, 0.25) is 0 Å². The van der Waals surface area contributed by atoms with Crippen molar-refractivity contribution in [2.24, 2.45) is 5.92 Å². The van der Waals surface area contributed by atoms with E-state index in [1.807, 2.05) is 44.2 Å². The summed E-state index contributed by atoms with van der Waals surface area (Å²) in [4.78, 5) is 24.2. The van der Waals surface area contributed by atoms with E-state index in [2.05, 4.69) is 10.1 Å². The Labute approximate surface area is 142 Å². The lowest BCUT2D eigenvalue weighted by molar-refractivity contribution is -0.151. The van der Waals surface area contributed by atoms with Crippen LogP contribution in [0.2, 0.25) is 0 Å². The molecule has 1 aliphatic heterocycles. The van der Waals surface area contributed by atoms with Gasteiger partial charge in [-0.25, -0.2) is 9.59 Å². The summed E-state index contributed by atoms with van der Waals surface area (Å²) >= 11 is 0. The molecule has 1 amide bonds. The van der Waals surface area contributed by atoms with Crippen molar-refractivity contribution in [3.8, 4) is 0 Å². The predicted octanol–water partition coefficient (Wildman–Crippen LogP) is 2.66. The average Bonchev–Trinajstić information content (AvgIpc) is 2.57. The number of esters is 1. The first-order valence-electron chi connectivity index (χ1n) is 8.20. The summed E-state index contributed by atoms with van der Waals surface area (Å²) < 4.78 is 15.8. The molecule has 0 spiro atoms. The van der Waals surface area contributed by atoms with Gasteiger partial charge in [0.15, 0.2) is 0 Å². The van der Waals surface area contributed by atoms with Crippen molar-refractivity contribution in [2.75, 3.05) is 7.11 Å². The van der Waals surface area contributed by atoms with E-state index in [1.165, 1.54) is 7.11 Å². The molecule has 1 aromatic carbocycles. The Balaban J connectivity index is 2.03. The van der Waals surface area contributed by atoms with Crippen LogP contribution >= 0.6 is 0 Å². The molecule has 1 fully saturated rings. The van der Waals surface area contributed by atoms with Crippen LogP contribution in [0.4, 0.5) is 4.79 Å². The van der Waals surface area contributed by atoms with Gasteiger partial charge in [-0.05, 0) is 38.2 Å². The van der Waals surface area contributed by atoms with E-state index in [4.69, 9.17) is 9.47 Å². The molecule has 0 unspecified atom stereocenters. The minimum Gasteiger partial charge on any atom is -0.459 e. The molecule has 1 heterocycles. The maximum atomic E-state index is 12.5. The van der Waals surface area contributed by atoms with Crippen molar-refractivity contribution in [1.82, 2.24) is 5.32 Å². The fourth-order valence-electron chi connectivity index (χ4n) is 3.10. The highest BCUT2D eigenvalue weighted by molar-refractivity contribution is 5.81. The van der Waals surface area contributed by atoms with E-state index < -0.39 is 18.1 Å². The number of rotatable bonds is 5. The van der Waals surface area contributed by atoms with Gasteiger partial charge in [-0.15, -0.1) is 0 Å². The lowest BCUT2D eigenvalue weighted by Crippen LogP contribution is -2.50. The molecule has 1 aliphatic rings. The van der Waals surface area contributed by atoms with Gasteiger partial charge in [-0.2, -0.15) is 0 Å². The van der Waals surface area contributed by atoms with Crippen molar-refractivity contribution < 1.29 is 23.8 Å². The molecule has 6 heteroatoms. The van der Waals surface area contributed by atoms with Crippen molar-refractivity contribution in [3.63, 3.8) is 0 Å². The summed E-state index contributed by atoms with van der Waals surface area (Å²) in [5, 5.41) is 2.62. The number of nitrogens with one attached hydrogen (secondary N) is 1. The summed E-state index contributed by atoms with van der Waals surface area (Å²) in [5.41, 5.74) is 0.899. The van der Waals surface area contributed by atoms with Crippen LogP contribution in [0.1, 0.15) is 32.3 Å².